The van der Waals surface area contributed by atoms with Gasteiger partial charge in [-0.2, -0.15) is 0 Å². The molecule has 2 rings (SSSR count). The van der Waals surface area contributed by atoms with Crippen LogP contribution < -0.4 is 0 Å². The molecule has 0 radical (unpaired) electrons. The minimum atomic E-state index is -0.337. The number of carbonyl (C=O) groups is 1. The number of halogens is 1. The van der Waals surface area contributed by atoms with E-state index >= 15 is 0 Å². The van der Waals surface area contributed by atoms with Gasteiger partial charge < -0.3 is 4.74 Å². The minimum Gasteiger partial charge on any atom is -0.459 e. The molecule has 2 nitrogen and oxygen atoms in total. The van der Waals surface area contributed by atoms with Gasteiger partial charge in [0.1, 0.15) is 11.9 Å². The first-order valence-corrected chi connectivity index (χ1v) is 6.22. The van der Waals surface area contributed by atoms with E-state index < -0.39 is 0 Å². The van der Waals surface area contributed by atoms with E-state index in [1.165, 1.54) is 37.1 Å². The third-order valence-corrected chi connectivity index (χ3v) is 3.16. The van der Waals surface area contributed by atoms with Crippen LogP contribution in [0.3, 0.4) is 0 Å². The zero-order valence-electron chi connectivity index (χ0n) is 9.82. The van der Waals surface area contributed by atoms with E-state index in [4.69, 9.17) is 4.74 Å². The average Bonchev–Trinajstić information content (AvgIpc) is 2.58. The van der Waals surface area contributed by atoms with Gasteiger partial charge in [-0.05, 0) is 49.9 Å². The van der Waals surface area contributed by atoms with Crippen molar-refractivity contribution in [2.24, 2.45) is 0 Å². The summed E-state index contributed by atoms with van der Waals surface area (Å²) in [5.41, 5.74) is 0.427. The van der Waals surface area contributed by atoms with Gasteiger partial charge in [0, 0.05) is 0 Å². The second kappa shape index (κ2) is 5.80. The molecule has 0 saturated heterocycles. The summed E-state index contributed by atoms with van der Waals surface area (Å²) in [6.07, 6.45) is 6.65. The van der Waals surface area contributed by atoms with Gasteiger partial charge in [0.25, 0.3) is 0 Å². The van der Waals surface area contributed by atoms with Crippen molar-refractivity contribution in [2.45, 2.75) is 44.6 Å². The van der Waals surface area contributed by atoms with Gasteiger partial charge in [0.15, 0.2) is 0 Å². The fraction of sp³-hybridized carbons (Fsp3) is 0.500. The van der Waals surface area contributed by atoms with Gasteiger partial charge in [-0.15, -0.1) is 0 Å². The highest BCUT2D eigenvalue weighted by Crippen LogP contribution is 2.20. The summed E-state index contributed by atoms with van der Waals surface area (Å²) in [5.74, 6) is -0.673. The lowest BCUT2D eigenvalue weighted by molar-refractivity contribution is 0.0267. The van der Waals surface area contributed by atoms with Crippen LogP contribution >= 0.6 is 0 Å². The van der Waals surface area contributed by atoms with Gasteiger partial charge in [-0.25, -0.2) is 9.18 Å². The molecule has 1 fully saturated rings. The molecule has 17 heavy (non-hydrogen) atoms. The van der Waals surface area contributed by atoms with E-state index in [-0.39, 0.29) is 17.9 Å². The Morgan fingerprint density at radius 1 is 1.06 bits per heavy atom. The monoisotopic (exact) mass is 236 g/mol. The van der Waals surface area contributed by atoms with Gasteiger partial charge >= 0.3 is 5.97 Å². The van der Waals surface area contributed by atoms with E-state index in [0.717, 1.165) is 25.7 Å². The Balaban J connectivity index is 1.93. The maximum Gasteiger partial charge on any atom is 0.338 e. The highest BCUT2D eigenvalue weighted by Gasteiger charge is 2.17. The third-order valence-electron chi connectivity index (χ3n) is 3.16. The molecule has 1 aliphatic rings. The minimum absolute atomic E-state index is 0.0371. The van der Waals surface area contributed by atoms with Gasteiger partial charge in [0.05, 0.1) is 5.56 Å². The molecule has 1 saturated carbocycles. The van der Waals surface area contributed by atoms with E-state index in [0.29, 0.717) is 5.56 Å². The van der Waals surface area contributed by atoms with Crippen LogP contribution in [0.5, 0.6) is 0 Å². The van der Waals surface area contributed by atoms with E-state index in [9.17, 15) is 9.18 Å². The molecule has 0 atom stereocenters. The summed E-state index contributed by atoms with van der Waals surface area (Å²) in [7, 11) is 0. The first kappa shape index (κ1) is 12.1. The smallest absolute Gasteiger partial charge is 0.338 e. The number of esters is 1. The average molecular weight is 236 g/mol. The number of ether oxygens (including phenoxy) is 1. The van der Waals surface area contributed by atoms with E-state index in [2.05, 4.69) is 0 Å². The number of carbonyl (C=O) groups excluding carboxylic acids is 1. The molecule has 0 aliphatic heterocycles. The van der Waals surface area contributed by atoms with Crippen LogP contribution in [-0.2, 0) is 4.74 Å². The van der Waals surface area contributed by atoms with Gasteiger partial charge in [-0.1, -0.05) is 12.8 Å². The van der Waals surface area contributed by atoms with Crippen molar-refractivity contribution in [3.63, 3.8) is 0 Å². The van der Waals surface area contributed by atoms with Crippen molar-refractivity contribution in [3.8, 4) is 0 Å². The lowest BCUT2D eigenvalue weighted by atomic mass is 10.1. The maximum atomic E-state index is 12.7. The number of rotatable bonds is 2. The Morgan fingerprint density at radius 2 is 1.65 bits per heavy atom. The third kappa shape index (κ3) is 3.55. The summed E-state index contributed by atoms with van der Waals surface area (Å²) in [6, 6.07) is 5.50. The molecule has 0 N–H and O–H groups in total. The molecule has 0 heterocycles. The molecule has 0 unspecified atom stereocenters. The van der Waals surface area contributed by atoms with Crippen molar-refractivity contribution in [1.82, 2.24) is 0 Å². The Hall–Kier alpha value is -1.38. The van der Waals surface area contributed by atoms with Crippen LogP contribution in [0.25, 0.3) is 0 Å². The van der Waals surface area contributed by atoms with Crippen LogP contribution in [0.2, 0.25) is 0 Å². The van der Waals surface area contributed by atoms with Gasteiger partial charge in [0.2, 0.25) is 0 Å². The Bertz CT molecular complexity index is 364. The first-order chi connectivity index (χ1) is 8.25. The van der Waals surface area contributed by atoms with Crippen LogP contribution in [0.4, 0.5) is 4.39 Å². The summed E-state index contributed by atoms with van der Waals surface area (Å²) in [4.78, 5) is 11.8. The lowest BCUT2D eigenvalue weighted by Gasteiger charge is -2.15. The largest absolute Gasteiger partial charge is 0.459 e. The first-order valence-electron chi connectivity index (χ1n) is 6.22. The molecule has 1 aliphatic carbocycles. The zero-order chi connectivity index (χ0) is 12.1. The number of hydrogen-bond donors (Lipinski definition) is 0. The zero-order valence-corrected chi connectivity index (χ0v) is 9.82. The lowest BCUT2D eigenvalue weighted by Crippen LogP contribution is -2.17. The van der Waals surface area contributed by atoms with Crippen molar-refractivity contribution in [3.05, 3.63) is 35.6 Å². The SMILES string of the molecule is O=C(OC1CCCCCC1)c1ccc(F)cc1. The van der Waals surface area contributed by atoms with Crippen LogP contribution in [-0.4, -0.2) is 12.1 Å². The van der Waals surface area contributed by atoms with Crippen molar-refractivity contribution >= 4 is 5.97 Å². The summed E-state index contributed by atoms with van der Waals surface area (Å²) in [5, 5.41) is 0. The highest BCUT2D eigenvalue weighted by atomic mass is 19.1. The Kier molecular flexibility index (Phi) is 4.13. The van der Waals surface area contributed by atoms with E-state index in [1.807, 2.05) is 0 Å². The number of hydrogen-bond acceptors (Lipinski definition) is 2. The molecule has 92 valence electrons. The molecule has 1 aromatic rings. The molecule has 0 aromatic heterocycles. The van der Waals surface area contributed by atoms with Crippen LogP contribution in [0.1, 0.15) is 48.9 Å². The fourth-order valence-electron chi connectivity index (χ4n) is 2.17. The molecule has 0 amide bonds. The second-order valence-corrected chi connectivity index (χ2v) is 4.53. The molecular weight excluding hydrogens is 219 g/mol. The van der Waals surface area contributed by atoms with Crippen molar-refractivity contribution in [2.75, 3.05) is 0 Å². The maximum absolute atomic E-state index is 12.7. The van der Waals surface area contributed by atoms with Crippen molar-refractivity contribution in [1.29, 1.82) is 0 Å². The molecule has 0 spiro atoms. The quantitative estimate of drug-likeness (QED) is 0.578. The molecule has 0 bridgehead atoms. The molecule has 1 aromatic carbocycles. The predicted molar refractivity (Wildman–Crippen MR) is 63.3 cm³/mol. The molecular formula is C14H17FO2. The summed E-state index contributed by atoms with van der Waals surface area (Å²) in [6.45, 7) is 0. The van der Waals surface area contributed by atoms with Crippen LogP contribution in [0, 0.1) is 5.82 Å². The predicted octanol–water partition coefficient (Wildman–Crippen LogP) is 3.71. The highest BCUT2D eigenvalue weighted by molar-refractivity contribution is 5.89. The van der Waals surface area contributed by atoms with Crippen LogP contribution in [0.15, 0.2) is 24.3 Å². The molecule has 3 heteroatoms. The Labute approximate surface area is 101 Å². The second-order valence-electron chi connectivity index (χ2n) is 4.53. The van der Waals surface area contributed by atoms with Crippen molar-refractivity contribution < 1.29 is 13.9 Å². The number of benzene rings is 1. The van der Waals surface area contributed by atoms with Gasteiger partial charge in [-0.3, -0.25) is 0 Å². The fourth-order valence-corrected chi connectivity index (χ4v) is 2.17. The standard InChI is InChI=1S/C14H17FO2/c15-12-9-7-11(8-10-12)14(16)17-13-5-3-1-2-4-6-13/h7-10,13H,1-6H2. The summed E-state index contributed by atoms with van der Waals surface area (Å²) >= 11 is 0. The summed E-state index contributed by atoms with van der Waals surface area (Å²) < 4.78 is 18.1. The normalized spacial score (nSPS) is 17.5. The van der Waals surface area contributed by atoms with E-state index in [1.54, 1.807) is 0 Å². The topological polar surface area (TPSA) is 26.3 Å². The Morgan fingerprint density at radius 3 is 2.24 bits per heavy atom.